The molecule has 2 rings (SSSR count). The highest BCUT2D eigenvalue weighted by Crippen LogP contribution is 2.18. The number of nitrogens with zero attached hydrogens (tertiary/aromatic N) is 1. The Hall–Kier alpha value is -1.20. The van der Waals surface area contributed by atoms with Crippen molar-refractivity contribution < 1.29 is 13.2 Å². The Morgan fingerprint density at radius 1 is 1.32 bits per heavy atom. The predicted octanol–water partition coefficient (Wildman–Crippen LogP) is 0.684. The van der Waals surface area contributed by atoms with Crippen LogP contribution in [0.3, 0.4) is 0 Å². The highest BCUT2D eigenvalue weighted by Gasteiger charge is 2.36. The second-order valence-electron chi connectivity index (χ2n) is 5.18. The van der Waals surface area contributed by atoms with Gasteiger partial charge in [0.15, 0.2) is 9.84 Å². The summed E-state index contributed by atoms with van der Waals surface area (Å²) >= 11 is 0. The molecule has 1 aliphatic rings. The Morgan fingerprint density at radius 2 is 1.95 bits per heavy atom. The van der Waals surface area contributed by atoms with Crippen LogP contribution in [0.15, 0.2) is 30.3 Å². The molecular formula is C14H18NO3S. The third-order valence-corrected chi connectivity index (χ3v) is 5.64. The first-order valence-electron chi connectivity index (χ1n) is 6.33. The second kappa shape index (κ2) is 5.84. The molecule has 4 nitrogen and oxygen atoms in total. The van der Waals surface area contributed by atoms with Crippen molar-refractivity contribution in [3.63, 3.8) is 0 Å². The normalized spacial score (nSPS) is 18.8. The first-order chi connectivity index (χ1) is 9.01. The molecule has 103 valence electrons. The van der Waals surface area contributed by atoms with Crippen LogP contribution in [0.5, 0.6) is 0 Å². The zero-order valence-corrected chi connectivity index (χ0v) is 11.8. The predicted molar refractivity (Wildman–Crippen MR) is 74.4 cm³/mol. The zero-order chi connectivity index (χ0) is 13.9. The third kappa shape index (κ3) is 3.64. The van der Waals surface area contributed by atoms with Gasteiger partial charge in [0.25, 0.3) is 0 Å². The summed E-state index contributed by atoms with van der Waals surface area (Å²) in [6, 6.07) is 9.45. The van der Waals surface area contributed by atoms with Gasteiger partial charge in [0.1, 0.15) is 0 Å². The Morgan fingerprint density at radius 3 is 2.47 bits per heavy atom. The van der Waals surface area contributed by atoms with Crippen LogP contribution in [-0.2, 0) is 21.1 Å². The lowest BCUT2D eigenvalue weighted by molar-refractivity contribution is 0.231. The summed E-state index contributed by atoms with van der Waals surface area (Å²) in [5.74, 6) is -0.664. The molecule has 0 saturated carbocycles. The molecule has 5 heteroatoms. The van der Waals surface area contributed by atoms with Crippen molar-refractivity contribution in [2.24, 2.45) is 5.92 Å². The molecule has 0 amide bonds. The topological polar surface area (TPSA) is 54.5 Å². The summed E-state index contributed by atoms with van der Waals surface area (Å²) in [5, 5.41) is -0.316. The van der Waals surface area contributed by atoms with Gasteiger partial charge in [-0.25, -0.2) is 8.42 Å². The largest absolute Gasteiger partial charge is 0.304 e. The van der Waals surface area contributed by atoms with Gasteiger partial charge < -0.3 is 4.90 Å². The van der Waals surface area contributed by atoms with Gasteiger partial charge in [-0.3, -0.25) is 4.79 Å². The minimum atomic E-state index is -3.19. The lowest BCUT2D eigenvalue weighted by atomic mass is 10.0. The van der Waals surface area contributed by atoms with Crippen molar-refractivity contribution in [1.29, 1.82) is 0 Å². The molecular weight excluding hydrogens is 262 g/mol. The molecule has 1 radical (unpaired) electrons. The molecule has 1 atom stereocenters. The Labute approximate surface area is 114 Å². The Balaban J connectivity index is 1.97. The van der Waals surface area contributed by atoms with Crippen molar-refractivity contribution in [2.45, 2.75) is 11.7 Å². The fraction of sp³-hybridized carbons (Fsp3) is 0.500. The molecule has 0 aliphatic carbocycles. The standard InChI is InChI=1S/C14H18NO3S/c1-15-8-14(9-15)19(17,18)11-13(10-16)7-12-5-3-2-4-6-12/h2-6,13-14H,7-9,11H2,1H3. The van der Waals surface area contributed by atoms with Crippen molar-refractivity contribution in [2.75, 3.05) is 25.9 Å². The lowest BCUT2D eigenvalue weighted by Gasteiger charge is -2.35. The fourth-order valence-corrected chi connectivity index (χ4v) is 4.30. The van der Waals surface area contributed by atoms with Gasteiger partial charge in [0.05, 0.1) is 11.0 Å². The number of likely N-dealkylation sites (tertiary alicyclic amines) is 1. The SMILES string of the molecule is CN1CC(S(=O)(=O)CC([C]=O)Cc2ccccc2)C1. The van der Waals surface area contributed by atoms with Crippen LogP contribution in [0.1, 0.15) is 5.56 Å². The smallest absolute Gasteiger partial charge is 0.203 e. The summed E-state index contributed by atoms with van der Waals surface area (Å²) in [4.78, 5) is 12.9. The zero-order valence-electron chi connectivity index (χ0n) is 11.0. The maximum absolute atomic E-state index is 12.1. The maximum atomic E-state index is 12.1. The highest BCUT2D eigenvalue weighted by atomic mass is 32.2. The van der Waals surface area contributed by atoms with Crippen LogP contribution in [0.4, 0.5) is 0 Å². The van der Waals surface area contributed by atoms with E-state index < -0.39 is 15.8 Å². The first-order valence-corrected chi connectivity index (χ1v) is 8.04. The molecule has 1 heterocycles. The fourth-order valence-electron chi connectivity index (χ4n) is 2.32. The molecule has 1 unspecified atom stereocenters. The van der Waals surface area contributed by atoms with E-state index in [4.69, 9.17) is 0 Å². The van der Waals surface area contributed by atoms with E-state index in [9.17, 15) is 13.2 Å². The molecule has 19 heavy (non-hydrogen) atoms. The highest BCUT2D eigenvalue weighted by molar-refractivity contribution is 7.92. The number of carbonyl (C=O) groups excluding carboxylic acids is 1. The molecule has 1 aromatic carbocycles. The van der Waals surface area contributed by atoms with Gasteiger partial charge in [-0.05, 0) is 19.0 Å². The molecule has 1 aromatic rings. The molecule has 0 bridgehead atoms. The maximum Gasteiger partial charge on any atom is 0.203 e. The average Bonchev–Trinajstić information content (AvgIpc) is 2.35. The van der Waals surface area contributed by atoms with Crippen molar-refractivity contribution >= 4 is 16.1 Å². The molecule has 0 spiro atoms. The van der Waals surface area contributed by atoms with E-state index in [-0.39, 0.29) is 11.0 Å². The van der Waals surface area contributed by atoms with E-state index in [2.05, 4.69) is 0 Å². The van der Waals surface area contributed by atoms with Crippen LogP contribution in [0, 0.1) is 5.92 Å². The van der Waals surface area contributed by atoms with Gasteiger partial charge in [-0.15, -0.1) is 0 Å². The summed E-state index contributed by atoms with van der Waals surface area (Å²) in [5.41, 5.74) is 0.969. The van der Waals surface area contributed by atoms with Crippen LogP contribution < -0.4 is 0 Å². The number of benzene rings is 1. The van der Waals surface area contributed by atoms with Gasteiger partial charge >= 0.3 is 0 Å². The van der Waals surface area contributed by atoms with Crippen LogP contribution >= 0.6 is 0 Å². The number of hydrogen-bond acceptors (Lipinski definition) is 4. The summed E-state index contributed by atoms with van der Waals surface area (Å²) in [7, 11) is -1.30. The first kappa shape index (κ1) is 14.2. The molecule has 0 N–H and O–H groups in total. The van der Waals surface area contributed by atoms with Gasteiger partial charge in [0.2, 0.25) is 6.29 Å². The molecule has 1 saturated heterocycles. The van der Waals surface area contributed by atoms with Crippen molar-refractivity contribution in [3.05, 3.63) is 35.9 Å². The quantitative estimate of drug-likeness (QED) is 0.769. The average molecular weight is 280 g/mol. The van der Waals surface area contributed by atoms with Crippen LogP contribution in [-0.4, -0.2) is 50.7 Å². The van der Waals surface area contributed by atoms with Gasteiger partial charge in [0, 0.05) is 19.0 Å². The van der Waals surface area contributed by atoms with E-state index in [1.807, 2.05) is 48.6 Å². The lowest BCUT2D eigenvalue weighted by Crippen LogP contribution is -2.53. The number of hydrogen-bond donors (Lipinski definition) is 0. The van der Waals surface area contributed by atoms with E-state index in [0.717, 1.165) is 5.56 Å². The van der Waals surface area contributed by atoms with E-state index >= 15 is 0 Å². The minimum absolute atomic E-state index is 0.0934. The number of sulfone groups is 1. The molecule has 1 fully saturated rings. The number of rotatable bonds is 6. The monoisotopic (exact) mass is 280 g/mol. The summed E-state index contributed by atoms with van der Waals surface area (Å²) in [6.07, 6.45) is 2.31. The van der Waals surface area contributed by atoms with E-state index in [0.29, 0.717) is 19.5 Å². The van der Waals surface area contributed by atoms with Gasteiger partial charge in [-0.1, -0.05) is 30.3 Å². The summed E-state index contributed by atoms with van der Waals surface area (Å²) < 4.78 is 24.2. The molecule has 0 aromatic heterocycles. The van der Waals surface area contributed by atoms with E-state index in [1.165, 1.54) is 0 Å². The Bertz CT molecular complexity index is 521. The van der Waals surface area contributed by atoms with Crippen LogP contribution in [0.2, 0.25) is 0 Å². The van der Waals surface area contributed by atoms with Crippen molar-refractivity contribution in [1.82, 2.24) is 4.90 Å². The summed E-state index contributed by atoms with van der Waals surface area (Å²) in [6.45, 7) is 1.14. The minimum Gasteiger partial charge on any atom is -0.304 e. The van der Waals surface area contributed by atoms with Gasteiger partial charge in [-0.2, -0.15) is 0 Å². The second-order valence-corrected chi connectivity index (χ2v) is 7.50. The van der Waals surface area contributed by atoms with E-state index in [1.54, 1.807) is 0 Å². The third-order valence-electron chi connectivity index (χ3n) is 3.46. The van der Waals surface area contributed by atoms with Crippen LogP contribution in [0.25, 0.3) is 0 Å². The Kier molecular flexibility index (Phi) is 4.37. The van der Waals surface area contributed by atoms with Crippen molar-refractivity contribution in [3.8, 4) is 0 Å². The molecule has 1 aliphatic heterocycles.